The molecule has 0 amide bonds. The lowest BCUT2D eigenvalue weighted by molar-refractivity contribution is 1.04. The number of aryl methyl sites for hydroxylation is 4. The summed E-state index contributed by atoms with van der Waals surface area (Å²) in [7, 11) is 0. The Labute approximate surface area is 128 Å². The molecule has 0 aliphatic heterocycles. The maximum absolute atomic E-state index is 6.46. The molecule has 0 aliphatic carbocycles. The van der Waals surface area contributed by atoms with Gasteiger partial charge in [0.2, 0.25) is 0 Å². The highest BCUT2D eigenvalue weighted by Gasteiger charge is 2.15. The Hall–Kier alpha value is -1.80. The van der Waals surface area contributed by atoms with Gasteiger partial charge in [0.25, 0.3) is 0 Å². The molecule has 0 fully saturated rings. The molecule has 2 N–H and O–H groups in total. The van der Waals surface area contributed by atoms with Crippen LogP contribution in [0.4, 0.5) is 11.4 Å². The van der Waals surface area contributed by atoms with Crippen LogP contribution in [0.25, 0.3) is 0 Å². The van der Waals surface area contributed by atoms with Gasteiger partial charge in [-0.1, -0.05) is 6.07 Å². The third kappa shape index (κ3) is 2.68. The number of anilines is 2. The van der Waals surface area contributed by atoms with Crippen LogP contribution < -0.4 is 10.9 Å². The monoisotopic (exact) mass is 282 g/mol. The van der Waals surface area contributed by atoms with Crippen molar-refractivity contribution in [2.45, 2.75) is 48.5 Å². The van der Waals surface area contributed by atoms with Gasteiger partial charge in [0.1, 0.15) is 0 Å². The predicted octanol–water partition coefficient (Wildman–Crippen LogP) is 4.86. The van der Waals surface area contributed by atoms with Gasteiger partial charge in [-0.2, -0.15) is 0 Å². The van der Waals surface area contributed by atoms with E-state index in [1.54, 1.807) is 0 Å². The van der Waals surface area contributed by atoms with Crippen LogP contribution in [0.3, 0.4) is 0 Å². The van der Waals surface area contributed by atoms with Gasteiger partial charge in [-0.05, 0) is 99.5 Å². The van der Waals surface area contributed by atoms with E-state index in [1.165, 1.54) is 38.9 Å². The SMILES string of the molecule is Cc1cc(C)c(N(N)c2cc(C)c(C)c(C)c2C)cc1C. The normalized spacial score (nSPS) is 10.9. The maximum atomic E-state index is 6.46. The largest absolute Gasteiger partial charge is 0.279 e. The predicted molar refractivity (Wildman–Crippen MR) is 92.4 cm³/mol. The standard InChI is InChI=1S/C19H26N2/c1-11-8-14(4)18(9-12(11)2)21(20)19-10-13(3)15(5)16(6)17(19)7/h8-10H,20H2,1-7H3. The summed E-state index contributed by atoms with van der Waals surface area (Å²) in [5.74, 6) is 6.46. The Balaban J connectivity index is 2.60. The number of benzene rings is 2. The summed E-state index contributed by atoms with van der Waals surface area (Å²) in [6.45, 7) is 15.0. The molecule has 0 spiro atoms. The van der Waals surface area contributed by atoms with Crippen molar-refractivity contribution in [3.8, 4) is 0 Å². The fourth-order valence-corrected chi connectivity index (χ4v) is 2.78. The summed E-state index contributed by atoms with van der Waals surface area (Å²) in [4.78, 5) is 0. The first-order chi connectivity index (χ1) is 9.73. The molecule has 0 radical (unpaired) electrons. The van der Waals surface area contributed by atoms with Crippen molar-refractivity contribution in [2.75, 3.05) is 5.01 Å². The van der Waals surface area contributed by atoms with Crippen molar-refractivity contribution >= 4 is 11.4 Å². The smallest absolute Gasteiger partial charge is 0.0610 e. The van der Waals surface area contributed by atoms with E-state index < -0.39 is 0 Å². The van der Waals surface area contributed by atoms with E-state index in [0.29, 0.717) is 0 Å². The molecule has 0 saturated heterocycles. The average Bonchev–Trinajstić information content (AvgIpc) is 2.43. The van der Waals surface area contributed by atoms with Gasteiger partial charge in [0.15, 0.2) is 0 Å². The van der Waals surface area contributed by atoms with E-state index in [1.807, 2.05) is 5.01 Å². The van der Waals surface area contributed by atoms with Crippen LogP contribution in [0, 0.1) is 48.5 Å². The van der Waals surface area contributed by atoms with Crippen LogP contribution >= 0.6 is 0 Å². The highest BCUT2D eigenvalue weighted by molar-refractivity contribution is 5.71. The molecule has 0 bridgehead atoms. The van der Waals surface area contributed by atoms with E-state index in [2.05, 4.69) is 66.7 Å². The Morgan fingerprint density at radius 3 is 1.71 bits per heavy atom. The number of nitrogens with two attached hydrogens (primary N) is 1. The second kappa shape index (κ2) is 5.53. The number of rotatable bonds is 2. The third-order valence-corrected chi connectivity index (χ3v) is 4.79. The number of hydrogen-bond donors (Lipinski definition) is 1. The van der Waals surface area contributed by atoms with Crippen molar-refractivity contribution in [3.63, 3.8) is 0 Å². The molecule has 2 nitrogen and oxygen atoms in total. The number of hydrogen-bond acceptors (Lipinski definition) is 2. The minimum absolute atomic E-state index is 1.07. The lowest BCUT2D eigenvalue weighted by atomic mass is 9.97. The lowest BCUT2D eigenvalue weighted by Gasteiger charge is -2.26. The molecule has 21 heavy (non-hydrogen) atoms. The summed E-state index contributed by atoms with van der Waals surface area (Å²) < 4.78 is 0. The second-order valence-corrected chi connectivity index (χ2v) is 6.18. The Morgan fingerprint density at radius 1 is 0.571 bits per heavy atom. The van der Waals surface area contributed by atoms with Crippen LogP contribution in [0.1, 0.15) is 38.9 Å². The topological polar surface area (TPSA) is 29.3 Å². The fraction of sp³-hybridized carbons (Fsp3) is 0.368. The van der Waals surface area contributed by atoms with Crippen LogP contribution in [0.15, 0.2) is 18.2 Å². The minimum Gasteiger partial charge on any atom is -0.279 e. The highest BCUT2D eigenvalue weighted by Crippen LogP contribution is 2.33. The minimum atomic E-state index is 1.07. The number of hydrazine groups is 1. The molecule has 0 aromatic heterocycles. The van der Waals surface area contributed by atoms with Crippen molar-refractivity contribution in [3.05, 3.63) is 57.1 Å². The van der Waals surface area contributed by atoms with E-state index in [-0.39, 0.29) is 0 Å². The summed E-state index contributed by atoms with van der Waals surface area (Å²) >= 11 is 0. The summed E-state index contributed by atoms with van der Waals surface area (Å²) in [5.41, 5.74) is 11.1. The molecular formula is C19H26N2. The van der Waals surface area contributed by atoms with Crippen molar-refractivity contribution < 1.29 is 0 Å². The molecule has 2 aromatic rings. The zero-order chi connectivity index (χ0) is 15.9. The van der Waals surface area contributed by atoms with Crippen LogP contribution in [-0.2, 0) is 0 Å². The van der Waals surface area contributed by atoms with E-state index in [4.69, 9.17) is 5.84 Å². The van der Waals surface area contributed by atoms with E-state index in [0.717, 1.165) is 11.4 Å². The zero-order valence-corrected chi connectivity index (χ0v) is 14.3. The van der Waals surface area contributed by atoms with Gasteiger partial charge in [-0.3, -0.25) is 5.01 Å². The first-order valence-electron chi connectivity index (χ1n) is 7.44. The Morgan fingerprint density at radius 2 is 1.10 bits per heavy atom. The molecular weight excluding hydrogens is 256 g/mol. The van der Waals surface area contributed by atoms with Gasteiger partial charge in [0, 0.05) is 0 Å². The van der Waals surface area contributed by atoms with Crippen LogP contribution in [-0.4, -0.2) is 0 Å². The van der Waals surface area contributed by atoms with Crippen LogP contribution in [0.2, 0.25) is 0 Å². The summed E-state index contributed by atoms with van der Waals surface area (Å²) in [6, 6.07) is 6.56. The van der Waals surface area contributed by atoms with Gasteiger partial charge in [-0.25, -0.2) is 5.84 Å². The molecule has 2 aromatic carbocycles. The molecule has 2 heteroatoms. The fourth-order valence-electron chi connectivity index (χ4n) is 2.78. The van der Waals surface area contributed by atoms with Gasteiger partial charge in [-0.15, -0.1) is 0 Å². The third-order valence-electron chi connectivity index (χ3n) is 4.79. The average molecular weight is 282 g/mol. The second-order valence-electron chi connectivity index (χ2n) is 6.18. The van der Waals surface area contributed by atoms with Gasteiger partial charge < -0.3 is 0 Å². The first kappa shape index (κ1) is 15.6. The molecule has 112 valence electrons. The Kier molecular flexibility index (Phi) is 4.11. The van der Waals surface area contributed by atoms with Gasteiger partial charge >= 0.3 is 0 Å². The van der Waals surface area contributed by atoms with E-state index in [9.17, 15) is 0 Å². The molecule has 0 saturated carbocycles. The molecule has 0 heterocycles. The lowest BCUT2D eigenvalue weighted by Crippen LogP contribution is -2.27. The summed E-state index contributed by atoms with van der Waals surface area (Å²) in [6.07, 6.45) is 0. The first-order valence-corrected chi connectivity index (χ1v) is 7.44. The van der Waals surface area contributed by atoms with Crippen molar-refractivity contribution in [1.29, 1.82) is 0 Å². The Bertz CT molecular complexity index is 699. The molecule has 2 rings (SSSR count). The quantitative estimate of drug-likeness (QED) is 0.629. The van der Waals surface area contributed by atoms with Crippen molar-refractivity contribution in [1.82, 2.24) is 0 Å². The number of nitrogens with zero attached hydrogens (tertiary/aromatic N) is 1. The van der Waals surface area contributed by atoms with Gasteiger partial charge in [0.05, 0.1) is 11.4 Å². The summed E-state index contributed by atoms with van der Waals surface area (Å²) in [5, 5.41) is 1.83. The molecule has 0 aliphatic rings. The van der Waals surface area contributed by atoms with E-state index >= 15 is 0 Å². The maximum Gasteiger partial charge on any atom is 0.0610 e. The molecule has 0 atom stereocenters. The van der Waals surface area contributed by atoms with Crippen LogP contribution in [0.5, 0.6) is 0 Å². The van der Waals surface area contributed by atoms with Crippen molar-refractivity contribution in [2.24, 2.45) is 5.84 Å². The highest BCUT2D eigenvalue weighted by atomic mass is 15.4. The molecule has 0 unspecified atom stereocenters. The zero-order valence-electron chi connectivity index (χ0n) is 14.3.